The van der Waals surface area contributed by atoms with Crippen molar-refractivity contribution in [2.24, 2.45) is 5.11 Å². The Labute approximate surface area is 91.7 Å². The highest BCUT2D eigenvalue weighted by molar-refractivity contribution is 9.10. The van der Waals surface area contributed by atoms with E-state index in [2.05, 4.69) is 26.0 Å². The van der Waals surface area contributed by atoms with Crippen molar-refractivity contribution in [2.45, 2.75) is 0 Å². The molecule has 14 heavy (non-hydrogen) atoms. The summed E-state index contributed by atoms with van der Waals surface area (Å²) in [5.41, 5.74) is 7.72. The second-order valence-electron chi connectivity index (χ2n) is 2.18. The fourth-order valence-corrected chi connectivity index (χ4v) is 1.67. The van der Waals surface area contributed by atoms with Gasteiger partial charge in [-0.05, 0) is 11.6 Å². The maximum atomic E-state index is 13.2. The lowest BCUT2D eigenvalue weighted by atomic mass is 10.2. The molecule has 0 aliphatic rings. The molecule has 0 bridgehead atoms. The Morgan fingerprint density at radius 3 is 2.86 bits per heavy atom. The van der Waals surface area contributed by atoms with Gasteiger partial charge in [-0.25, -0.2) is 4.39 Å². The van der Waals surface area contributed by atoms with Gasteiger partial charge in [0, 0.05) is 9.38 Å². The number of azide groups is 1. The summed E-state index contributed by atoms with van der Waals surface area (Å²) in [6.45, 7) is 0. The average Bonchev–Trinajstić information content (AvgIpc) is 2.15. The third-order valence-electron chi connectivity index (χ3n) is 1.40. The van der Waals surface area contributed by atoms with Crippen LogP contribution < -0.4 is 0 Å². The van der Waals surface area contributed by atoms with E-state index in [1.165, 1.54) is 6.07 Å². The predicted molar refractivity (Wildman–Crippen MR) is 52.6 cm³/mol. The highest BCUT2D eigenvalue weighted by atomic mass is 79.9. The molecule has 0 fully saturated rings. The first-order valence-electron chi connectivity index (χ1n) is 3.24. The van der Waals surface area contributed by atoms with Crippen LogP contribution in [-0.4, -0.2) is 0 Å². The van der Waals surface area contributed by atoms with Gasteiger partial charge >= 0.3 is 0 Å². The van der Waals surface area contributed by atoms with Gasteiger partial charge in [-0.15, -0.1) is 0 Å². The van der Waals surface area contributed by atoms with Gasteiger partial charge < -0.3 is 0 Å². The van der Waals surface area contributed by atoms with Crippen LogP contribution in [0, 0.1) is 17.1 Å². The molecule has 1 aromatic rings. The number of nitrogens with zero attached hydrogens (tertiary/aromatic N) is 4. The normalized spacial score (nSPS) is 9.00. The summed E-state index contributed by atoms with van der Waals surface area (Å²) in [5, 5.41) is 11.6. The van der Waals surface area contributed by atoms with Crippen LogP contribution in [0.15, 0.2) is 15.7 Å². The summed E-state index contributed by atoms with van der Waals surface area (Å²) in [6.07, 6.45) is 0. The van der Waals surface area contributed by atoms with Crippen LogP contribution in [0.1, 0.15) is 5.56 Å². The Kier molecular flexibility index (Phi) is 3.31. The molecule has 4 nitrogen and oxygen atoms in total. The van der Waals surface area contributed by atoms with E-state index in [1.807, 2.05) is 0 Å². The van der Waals surface area contributed by atoms with Gasteiger partial charge in [-0.3, -0.25) is 0 Å². The molecule has 0 heterocycles. The number of hydrogen-bond acceptors (Lipinski definition) is 2. The lowest BCUT2D eigenvalue weighted by Crippen LogP contribution is -1.87. The zero-order valence-corrected chi connectivity index (χ0v) is 8.84. The first-order chi connectivity index (χ1) is 6.61. The van der Waals surface area contributed by atoms with Crippen molar-refractivity contribution in [2.75, 3.05) is 0 Å². The summed E-state index contributed by atoms with van der Waals surface area (Å²) in [4.78, 5) is 2.48. The molecular formula is C7HBrClFN4. The highest BCUT2D eigenvalue weighted by Crippen LogP contribution is 2.35. The Morgan fingerprint density at radius 1 is 1.71 bits per heavy atom. The maximum absolute atomic E-state index is 13.2. The van der Waals surface area contributed by atoms with Gasteiger partial charge in [-0.2, -0.15) is 5.26 Å². The van der Waals surface area contributed by atoms with E-state index in [0.717, 1.165) is 0 Å². The van der Waals surface area contributed by atoms with Crippen LogP contribution in [0.2, 0.25) is 5.02 Å². The average molecular weight is 275 g/mol. The highest BCUT2D eigenvalue weighted by Gasteiger charge is 2.14. The van der Waals surface area contributed by atoms with E-state index in [-0.39, 0.29) is 20.7 Å². The smallest absolute Gasteiger partial charge is 0.160 e. The van der Waals surface area contributed by atoms with Gasteiger partial charge in [0.25, 0.3) is 0 Å². The molecule has 0 amide bonds. The fraction of sp³-hybridized carbons (Fsp3) is 0. The van der Waals surface area contributed by atoms with Crippen LogP contribution >= 0.6 is 27.5 Å². The van der Waals surface area contributed by atoms with Gasteiger partial charge in [0.1, 0.15) is 6.07 Å². The van der Waals surface area contributed by atoms with Gasteiger partial charge in [0.2, 0.25) is 0 Å². The van der Waals surface area contributed by atoms with E-state index in [0.29, 0.717) is 0 Å². The molecular weight excluding hydrogens is 274 g/mol. The second-order valence-corrected chi connectivity index (χ2v) is 3.44. The van der Waals surface area contributed by atoms with Crippen LogP contribution in [0.25, 0.3) is 10.4 Å². The van der Waals surface area contributed by atoms with E-state index in [1.54, 1.807) is 6.07 Å². The molecule has 0 saturated carbocycles. The second kappa shape index (κ2) is 4.29. The molecule has 0 aliphatic carbocycles. The molecule has 0 atom stereocenters. The SMILES string of the molecule is N#Cc1c(F)c(Cl)cc(Br)c1N=[N+]=[N-]. The Hall–Kier alpha value is -1.28. The standard InChI is InChI=1S/C7HBrClFN4/c8-4-1-5(9)6(10)3(2-11)7(4)13-14-12/h1H. The summed E-state index contributed by atoms with van der Waals surface area (Å²) in [6, 6.07) is 2.80. The molecule has 0 aromatic heterocycles. The Bertz CT molecular complexity index is 476. The van der Waals surface area contributed by atoms with Crippen molar-refractivity contribution in [1.29, 1.82) is 5.26 Å². The van der Waals surface area contributed by atoms with E-state index < -0.39 is 5.82 Å². The monoisotopic (exact) mass is 274 g/mol. The van der Waals surface area contributed by atoms with Crippen molar-refractivity contribution >= 4 is 33.2 Å². The Morgan fingerprint density at radius 2 is 2.36 bits per heavy atom. The van der Waals surface area contributed by atoms with Crippen molar-refractivity contribution in [3.8, 4) is 6.07 Å². The van der Waals surface area contributed by atoms with Crippen molar-refractivity contribution in [1.82, 2.24) is 0 Å². The molecule has 1 rings (SSSR count). The molecule has 0 saturated heterocycles. The summed E-state index contributed by atoms with van der Waals surface area (Å²) < 4.78 is 13.5. The van der Waals surface area contributed by atoms with Crippen LogP contribution in [0.4, 0.5) is 10.1 Å². The molecule has 0 unspecified atom stereocenters. The van der Waals surface area contributed by atoms with Gasteiger partial charge in [-0.1, -0.05) is 32.6 Å². The topological polar surface area (TPSA) is 72.5 Å². The molecule has 7 heteroatoms. The lowest BCUT2D eigenvalue weighted by Gasteiger charge is -2.02. The Balaban J connectivity index is 3.65. The zero-order valence-electron chi connectivity index (χ0n) is 6.50. The number of rotatable bonds is 1. The number of halogens is 3. The van der Waals surface area contributed by atoms with Gasteiger partial charge in [0.05, 0.1) is 16.3 Å². The third-order valence-corrected chi connectivity index (χ3v) is 2.28. The minimum absolute atomic E-state index is 0.100. The third kappa shape index (κ3) is 1.80. The minimum atomic E-state index is -0.889. The number of hydrogen-bond donors (Lipinski definition) is 0. The molecule has 0 N–H and O–H groups in total. The first-order valence-corrected chi connectivity index (χ1v) is 4.41. The number of benzene rings is 1. The molecule has 0 spiro atoms. The summed E-state index contributed by atoms with van der Waals surface area (Å²) in [5.74, 6) is -0.889. The van der Waals surface area contributed by atoms with Crippen molar-refractivity contribution in [3.63, 3.8) is 0 Å². The lowest BCUT2D eigenvalue weighted by molar-refractivity contribution is 0.624. The predicted octanol–water partition coefficient (Wildman–Crippen LogP) is 4.06. The van der Waals surface area contributed by atoms with Crippen LogP contribution in [0.5, 0.6) is 0 Å². The quantitative estimate of drug-likeness (QED) is 0.330. The first kappa shape index (κ1) is 10.8. The molecule has 0 radical (unpaired) electrons. The summed E-state index contributed by atoms with van der Waals surface area (Å²) >= 11 is 8.49. The van der Waals surface area contributed by atoms with Crippen molar-refractivity contribution in [3.05, 3.63) is 37.4 Å². The van der Waals surface area contributed by atoms with Crippen LogP contribution in [0.3, 0.4) is 0 Å². The number of nitriles is 1. The van der Waals surface area contributed by atoms with Crippen LogP contribution in [-0.2, 0) is 0 Å². The van der Waals surface area contributed by atoms with E-state index in [9.17, 15) is 4.39 Å². The minimum Gasteiger partial charge on any atom is -0.204 e. The maximum Gasteiger partial charge on any atom is 0.160 e. The molecule has 70 valence electrons. The van der Waals surface area contributed by atoms with Gasteiger partial charge in [0.15, 0.2) is 5.82 Å². The van der Waals surface area contributed by atoms with E-state index >= 15 is 0 Å². The zero-order chi connectivity index (χ0) is 10.7. The summed E-state index contributed by atoms with van der Waals surface area (Å²) in [7, 11) is 0. The largest absolute Gasteiger partial charge is 0.204 e. The molecule has 1 aromatic carbocycles. The van der Waals surface area contributed by atoms with E-state index in [4.69, 9.17) is 22.4 Å². The molecule has 0 aliphatic heterocycles. The fourth-order valence-electron chi connectivity index (χ4n) is 0.830. The van der Waals surface area contributed by atoms with Crippen molar-refractivity contribution < 1.29 is 4.39 Å².